The van der Waals surface area contributed by atoms with Crippen molar-refractivity contribution >= 4 is 11.8 Å². The van der Waals surface area contributed by atoms with Crippen LogP contribution in [0.4, 0.5) is 0 Å². The highest BCUT2D eigenvalue weighted by molar-refractivity contribution is 5.98. The number of pyridine rings is 1. The zero-order chi connectivity index (χ0) is 18.9. The van der Waals surface area contributed by atoms with Crippen LogP contribution >= 0.6 is 0 Å². The molecule has 2 aromatic rings. The van der Waals surface area contributed by atoms with Gasteiger partial charge in [-0.15, -0.1) is 0 Å². The van der Waals surface area contributed by atoms with Crippen LogP contribution in [0.15, 0.2) is 48.7 Å². The lowest BCUT2D eigenvalue weighted by Gasteiger charge is -2.21. The monoisotopic (exact) mass is 353 g/mol. The van der Waals surface area contributed by atoms with Crippen molar-refractivity contribution in [1.29, 1.82) is 0 Å². The molecule has 0 saturated heterocycles. The smallest absolute Gasteiger partial charge is 0.272 e. The molecule has 5 heteroatoms. The third kappa shape index (κ3) is 5.15. The number of rotatable bonds is 8. The van der Waals surface area contributed by atoms with Crippen molar-refractivity contribution in [3.63, 3.8) is 0 Å². The van der Waals surface area contributed by atoms with Crippen molar-refractivity contribution in [3.05, 3.63) is 65.5 Å². The molecule has 1 heterocycles. The molecule has 0 aliphatic heterocycles. The second-order valence-corrected chi connectivity index (χ2v) is 6.31. The standard InChI is InChI=1S/C21H27N3O2/c1-4-6-14-23(3)20(25)18-12-13-22-19(15-18)21(26)24(5-2)16-17-10-8-7-9-11-17/h7-13,15H,4-6,14,16H2,1-3H3. The predicted octanol–water partition coefficient (Wildman–Crippen LogP) is 3.62. The van der Waals surface area contributed by atoms with Gasteiger partial charge in [0.25, 0.3) is 11.8 Å². The number of carbonyl (C=O) groups excluding carboxylic acids is 2. The summed E-state index contributed by atoms with van der Waals surface area (Å²) in [6, 6.07) is 13.1. The van der Waals surface area contributed by atoms with Gasteiger partial charge in [-0.05, 0) is 31.0 Å². The van der Waals surface area contributed by atoms with Crippen LogP contribution < -0.4 is 0 Å². The highest BCUT2D eigenvalue weighted by Crippen LogP contribution is 2.11. The lowest BCUT2D eigenvalue weighted by Crippen LogP contribution is -2.32. The van der Waals surface area contributed by atoms with Gasteiger partial charge in [-0.25, -0.2) is 0 Å². The Morgan fingerprint density at radius 3 is 2.42 bits per heavy atom. The molecule has 0 fully saturated rings. The Hall–Kier alpha value is -2.69. The summed E-state index contributed by atoms with van der Waals surface area (Å²) >= 11 is 0. The second-order valence-electron chi connectivity index (χ2n) is 6.31. The Morgan fingerprint density at radius 2 is 1.77 bits per heavy atom. The average Bonchev–Trinajstić information content (AvgIpc) is 2.70. The lowest BCUT2D eigenvalue weighted by atomic mass is 10.1. The predicted molar refractivity (Wildman–Crippen MR) is 103 cm³/mol. The van der Waals surface area contributed by atoms with Crippen molar-refractivity contribution in [2.45, 2.75) is 33.2 Å². The molecule has 5 nitrogen and oxygen atoms in total. The summed E-state index contributed by atoms with van der Waals surface area (Å²) in [6.07, 6.45) is 3.52. The number of benzene rings is 1. The zero-order valence-corrected chi connectivity index (χ0v) is 15.8. The normalized spacial score (nSPS) is 10.4. The van der Waals surface area contributed by atoms with Gasteiger partial charge in [0.15, 0.2) is 0 Å². The van der Waals surface area contributed by atoms with Crippen LogP contribution in [0, 0.1) is 0 Å². The van der Waals surface area contributed by atoms with E-state index in [4.69, 9.17) is 0 Å². The fraction of sp³-hybridized carbons (Fsp3) is 0.381. The van der Waals surface area contributed by atoms with E-state index in [1.54, 1.807) is 29.0 Å². The van der Waals surface area contributed by atoms with Crippen LogP contribution in [0.5, 0.6) is 0 Å². The molecule has 0 saturated carbocycles. The van der Waals surface area contributed by atoms with Crippen LogP contribution in [0.3, 0.4) is 0 Å². The largest absolute Gasteiger partial charge is 0.342 e. The molecule has 0 atom stereocenters. The molecule has 0 unspecified atom stereocenters. The first-order valence-corrected chi connectivity index (χ1v) is 9.11. The van der Waals surface area contributed by atoms with Gasteiger partial charge in [0.2, 0.25) is 0 Å². The Morgan fingerprint density at radius 1 is 1.04 bits per heavy atom. The highest BCUT2D eigenvalue weighted by atomic mass is 16.2. The number of hydrogen-bond donors (Lipinski definition) is 0. The van der Waals surface area contributed by atoms with Crippen LogP contribution in [-0.2, 0) is 6.54 Å². The molecule has 0 N–H and O–H groups in total. The first-order chi connectivity index (χ1) is 12.6. The topological polar surface area (TPSA) is 53.5 Å². The maximum atomic E-state index is 12.8. The summed E-state index contributed by atoms with van der Waals surface area (Å²) in [6.45, 7) is 5.83. The molecule has 138 valence electrons. The van der Waals surface area contributed by atoms with E-state index in [0.717, 1.165) is 18.4 Å². The first-order valence-electron chi connectivity index (χ1n) is 9.11. The fourth-order valence-electron chi connectivity index (χ4n) is 2.69. The lowest BCUT2D eigenvalue weighted by molar-refractivity contribution is 0.0746. The summed E-state index contributed by atoms with van der Waals surface area (Å²) in [7, 11) is 1.79. The molecule has 1 aromatic carbocycles. The molecule has 0 radical (unpaired) electrons. The van der Waals surface area contributed by atoms with Gasteiger partial charge in [-0.3, -0.25) is 14.6 Å². The number of carbonyl (C=O) groups is 2. The molecule has 26 heavy (non-hydrogen) atoms. The summed E-state index contributed by atoms with van der Waals surface area (Å²) in [5.74, 6) is -0.247. The Labute approximate surface area is 155 Å². The molecule has 0 aliphatic rings. The Balaban J connectivity index is 2.14. The van der Waals surface area contributed by atoms with Gasteiger partial charge in [0.05, 0.1) is 0 Å². The van der Waals surface area contributed by atoms with E-state index in [-0.39, 0.29) is 11.8 Å². The van der Waals surface area contributed by atoms with E-state index in [2.05, 4.69) is 11.9 Å². The maximum Gasteiger partial charge on any atom is 0.272 e. The third-order valence-corrected chi connectivity index (χ3v) is 4.30. The van der Waals surface area contributed by atoms with E-state index >= 15 is 0 Å². The summed E-state index contributed by atoms with van der Waals surface area (Å²) in [5, 5.41) is 0. The Bertz CT molecular complexity index is 731. The molecule has 0 spiro atoms. The van der Waals surface area contributed by atoms with Gasteiger partial charge < -0.3 is 9.80 Å². The molecule has 2 rings (SSSR count). The van der Waals surface area contributed by atoms with E-state index in [0.29, 0.717) is 30.9 Å². The number of aromatic nitrogens is 1. The summed E-state index contributed by atoms with van der Waals surface area (Å²) < 4.78 is 0. The zero-order valence-electron chi connectivity index (χ0n) is 15.8. The van der Waals surface area contributed by atoms with E-state index < -0.39 is 0 Å². The number of amides is 2. The quantitative estimate of drug-likeness (QED) is 0.728. The number of unbranched alkanes of at least 4 members (excludes halogenated alkanes) is 1. The van der Waals surface area contributed by atoms with Gasteiger partial charge in [-0.2, -0.15) is 0 Å². The molecular formula is C21H27N3O2. The summed E-state index contributed by atoms with van der Waals surface area (Å²) in [4.78, 5) is 33.0. The van der Waals surface area contributed by atoms with Gasteiger partial charge in [0.1, 0.15) is 5.69 Å². The van der Waals surface area contributed by atoms with E-state index in [1.807, 2.05) is 37.3 Å². The minimum Gasteiger partial charge on any atom is -0.342 e. The van der Waals surface area contributed by atoms with Crippen molar-refractivity contribution in [2.24, 2.45) is 0 Å². The Kier molecular flexibility index (Phi) is 7.33. The SMILES string of the molecule is CCCCN(C)C(=O)c1ccnc(C(=O)N(CC)Cc2ccccc2)c1. The fourth-order valence-corrected chi connectivity index (χ4v) is 2.69. The maximum absolute atomic E-state index is 12.8. The van der Waals surface area contributed by atoms with Crippen molar-refractivity contribution in [1.82, 2.24) is 14.8 Å². The van der Waals surface area contributed by atoms with Crippen LogP contribution in [0.1, 0.15) is 53.1 Å². The average molecular weight is 353 g/mol. The number of hydrogen-bond acceptors (Lipinski definition) is 3. The molecular weight excluding hydrogens is 326 g/mol. The molecule has 0 bridgehead atoms. The minimum atomic E-state index is -0.165. The third-order valence-electron chi connectivity index (χ3n) is 4.30. The van der Waals surface area contributed by atoms with Crippen molar-refractivity contribution in [3.8, 4) is 0 Å². The molecule has 1 aromatic heterocycles. The van der Waals surface area contributed by atoms with Crippen molar-refractivity contribution < 1.29 is 9.59 Å². The molecule has 2 amide bonds. The molecule has 0 aliphatic carbocycles. The number of nitrogens with zero attached hydrogens (tertiary/aromatic N) is 3. The van der Waals surface area contributed by atoms with Crippen LogP contribution in [0.25, 0.3) is 0 Å². The van der Waals surface area contributed by atoms with E-state index in [9.17, 15) is 9.59 Å². The van der Waals surface area contributed by atoms with Gasteiger partial charge >= 0.3 is 0 Å². The van der Waals surface area contributed by atoms with Crippen LogP contribution in [-0.4, -0.2) is 46.7 Å². The minimum absolute atomic E-state index is 0.0824. The van der Waals surface area contributed by atoms with Crippen molar-refractivity contribution in [2.75, 3.05) is 20.1 Å². The van der Waals surface area contributed by atoms with Crippen LogP contribution in [0.2, 0.25) is 0 Å². The second kappa shape index (κ2) is 9.70. The van der Waals surface area contributed by atoms with E-state index in [1.165, 1.54) is 6.20 Å². The highest BCUT2D eigenvalue weighted by Gasteiger charge is 2.19. The van der Waals surface area contributed by atoms with Gasteiger partial charge in [0, 0.05) is 38.4 Å². The summed E-state index contributed by atoms with van der Waals surface area (Å²) in [5.41, 5.74) is 1.87. The first kappa shape index (κ1) is 19.6. The van der Waals surface area contributed by atoms with Gasteiger partial charge in [-0.1, -0.05) is 43.7 Å².